The largest absolute Gasteiger partial charge is 0.456 e. The third-order valence-electron chi connectivity index (χ3n) is 8.53. The molecule has 1 aliphatic rings. The molecule has 9 rings (SSSR count). The van der Waals surface area contributed by atoms with Gasteiger partial charge < -0.3 is 4.74 Å². The Morgan fingerprint density at radius 2 is 0.956 bits per heavy atom. The summed E-state index contributed by atoms with van der Waals surface area (Å²) in [6.07, 6.45) is 0. The first-order chi connectivity index (χ1) is 22.3. The lowest BCUT2D eigenvalue weighted by Gasteiger charge is -2.22. The Morgan fingerprint density at radius 1 is 0.356 bits per heavy atom. The van der Waals surface area contributed by atoms with Gasteiger partial charge in [-0.3, -0.25) is 0 Å². The minimum atomic E-state index is 0.639. The summed E-state index contributed by atoms with van der Waals surface area (Å²) in [4.78, 5) is 14.9. The Morgan fingerprint density at radius 3 is 1.78 bits per heavy atom. The molecule has 0 radical (unpaired) electrons. The van der Waals surface area contributed by atoms with E-state index < -0.39 is 0 Å². The van der Waals surface area contributed by atoms with Crippen molar-refractivity contribution in [1.29, 1.82) is 0 Å². The van der Waals surface area contributed by atoms with Crippen LogP contribution >= 0.6 is 0 Å². The maximum atomic E-state index is 6.32. The Labute approximate surface area is 260 Å². The van der Waals surface area contributed by atoms with Crippen LogP contribution in [-0.2, 0) is 0 Å². The monoisotopic (exact) mass is 575 g/mol. The molecule has 1 aromatic heterocycles. The summed E-state index contributed by atoms with van der Waals surface area (Å²) in [6, 6.07) is 52.2. The lowest BCUT2D eigenvalue weighted by Crippen LogP contribution is -2.00. The second kappa shape index (κ2) is 10.2. The molecule has 0 saturated carbocycles. The van der Waals surface area contributed by atoms with E-state index in [1.807, 2.05) is 42.5 Å². The molecular weight excluding hydrogens is 550 g/mol. The molecular formula is C41H25N3O. The van der Waals surface area contributed by atoms with E-state index in [-0.39, 0.29) is 0 Å². The lowest BCUT2D eigenvalue weighted by molar-refractivity contribution is 0.487. The first kappa shape index (κ1) is 25.4. The van der Waals surface area contributed by atoms with Gasteiger partial charge >= 0.3 is 0 Å². The highest BCUT2D eigenvalue weighted by Crippen LogP contribution is 2.47. The van der Waals surface area contributed by atoms with Gasteiger partial charge in [0.15, 0.2) is 17.5 Å². The summed E-state index contributed by atoms with van der Waals surface area (Å²) in [7, 11) is 0. The van der Waals surface area contributed by atoms with Crippen LogP contribution in [0, 0.1) is 0 Å². The molecule has 0 amide bonds. The number of aromatic nitrogens is 3. The zero-order valence-corrected chi connectivity index (χ0v) is 24.2. The number of nitrogens with zero attached hydrogens (tertiary/aromatic N) is 3. The van der Waals surface area contributed by atoms with Crippen LogP contribution in [0.2, 0.25) is 0 Å². The topological polar surface area (TPSA) is 47.9 Å². The van der Waals surface area contributed by atoms with Crippen LogP contribution in [0.4, 0.5) is 0 Å². The molecule has 0 bridgehead atoms. The summed E-state index contributed by atoms with van der Waals surface area (Å²) in [5, 5.41) is 4.60. The van der Waals surface area contributed by atoms with Crippen molar-refractivity contribution < 1.29 is 4.74 Å². The number of hydrogen-bond acceptors (Lipinski definition) is 4. The molecule has 4 heteroatoms. The van der Waals surface area contributed by atoms with Crippen LogP contribution < -0.4 is 4.74 Å². The molecule has 0 atom stereocenters. The first-order valence-corrected chi connectivity index (χ1v) is 15.0. The van der Waals surface area contributed by atoms with Gasteiger partial charge in [0.2, 0.25) is 0 Å². The van der Waals surface area contributed by atoms with Crippen LogP contribution in [0.1, 0.15) is 0 Å². The van der Waals surface area contributed by atoms with Crippen molar-refractivity contribution in [2.45, 2.75) is 0 Å². The van der Waals surface area contributed by atoms with Crippen LogP contribution in [-0.4, -0.2) is 15.0 Å². The molecule has 0 unspecified atom stereocenters. The molecule has 2 heterocycles. The quantitative estimate of drug-likeness (QED) is 0.209. The second-order valence-electron chi connectivity index (χ2n) is 11.2. The summed E-state index contributed by atoms with van der Waals surface area (Å²) in [6.45, 7) is 0. The van der Waals surface area contributed by atoms with E-state index in [2.05, 4.69) is 109 Å². The number of hydrogen-bond donors (Lipinski definition) is 0. The number of ether oxygens (including phenoxy) is 1. The molecule has 0 fully saturated rings. The van der Waals surface area contributed by atoms with Crippen molar-refractivity contribution in [1.82, 2.24) is 15.0 Å². The molecule has 1 aliphatic heterocycles. The van der Waals surface area contributed by atoms with Gasteiger partial charge in [-0.2, -0.15) is 0 Å². The van der Waals surface area contributed by atoms with E-state index in [0.29, 0.717) is 17.5 Å². The predicted molar refractivity (Wildman–Crippen MR) is 182 cm³/mol. The Kier molecular flexibility index (Phi) is 5.78. The highest BCUT2D eigenvalue weighted by Gasteiger charge is 2.20. The zero-order chi connectivity index (χ0) is 29.7. The zero-order valence-electron chi connectivity index (χ0n) is 24.2. The highest BCUT2D eigenvalue weighted by atomic mass is 16.5. The van der Waals surface area contributed by atoms with Crippen molar-refractivity contribution in [3.8, 4) is 67.9 Å². The Hall–Kier alpha value is -6.13. The van der Waals surface area contributed by atoms with Gasteiger partial charge in [0.1, 0.15) is 11.5 Å². The fourth-order valence-corrected chi connectivity index (χ4v) is 6.32. The van der Waals surface area contributed by atoms with Crippen LogP contribution in [0.3, 0.4) is 0 Å². The van der Waals surface area contributed by atoms with Crippen molar-refractivity contribution in [3.05, 3.63) is 152 Å². The van der Waals surface area contributed by atoms with Gasteiger partial charge in [-0.15, -0.1) is 0 Å². The van der Waals surface area contributed by atoms with Gasteiger partial charge in [-0.25, -0.2) is 15.0 Å². The molecule has 8 aromatic rings. The van der Waals surface area contributed by atoms with E-state index in [1.165, 1.54) is 10.9 Å². The number of rotatable bonds is 4. The minimum absolute atomic E-state index is 0.639. The summed E-state index contributed by atoms with van der Waals surface area (Å²) >= 11 is 0. The summed E-state index contributed by atoms with van der Waals surface area (Å²) in [5.41, 5.74) is 7.40. The average Bonchev–Trinajstić information content (AvgIpc) is 3.12. The maximum absolute atomic E-state index is 6.32. The van der Waals surface area contributed by atoms with E-state index in [9.17, 15) is 0 Å². The lowest BCUT2D eigenvalue weighted by atomic mass is 9.92. The normalized spacial score (nSPS) is 11.7. The minimum Gasteiger partial charge on any atom is -0.456 e. The second-order valence-corrected chi connectivity index (χ2v) is 11.2. The molecule has 210 valence electrons. The van der Waals surface area contributed by atoms with E-state index >= 15 is 0 Å². The Bertz CT molecular complexity index is 2390. The van der Waals surface area contributed by atoms with Crippen LogP contribution in [0.5, 0.6) is 11.5 Å². The van der Waals surface area contributed by atoms with Crippen molar-refractivity contribution in [3.63, 3.8) is 0 Å². The van der Waals surface area contributed by atoms with Gasteiger partial charge in [0.05, 0.1) is 0 Å². The van der Waals surface area contributed by atoms with E-state index in [0.717, 1.165) is 61.0 Å². The fraction of sp³-hybridized carbons (Fsp3) is 0. The standard InChI is InChI=1S/C41H25N3O/c1-2-10-29(11-3-1)39-42-40(44-41(43-39)34-17-6-12-27-9-4-5-15-32(27)34)30-21-19-26(20-22-30)31-23-24-36-35(25-31)33-16-7-13-28-14-8-18-37(45-36)38(28)33/h1-25H. The highest BCUT2D eigenvalue weighted by molar-refractivity contribution is 6.04. The first-order valence-electron chi connectivity index (χ1n) is 15.0. The number of benzene rings is 7. The smallest absolute Gasteiger partial charge is 0.164 e. The summed E-state index contributed by atoms with van der Waals surface area (Å²) < 4.78 is 6.32. The van der Waals surface area contributed by atoms with Crippen molar-refractivity contribution in [2.75, 3.05) is 0 Å². The van der Waals surface area contributed by atoms with Crippen molar-refractivity contribution in [2.24, 2.45) is 0 Å². The molecule has 0 saturated heterocycles. The van der Waals surface area contributed by atoms with Crippen molar-refractivity contribution >= 4 is 21.5 Å². The summed E-state index contributed by atoms with van der Waals surface area (Å²) in [5.74, 6) is 3.73. The average molecular weight is 576 g/mol. The van der Waals surface area contributed by atoms with Crippen LogP contribution in [0.25, 0.3) is 78.0 Å². The molecule has 45 heavy (non-hydrogen) atoms. The van der Waals surface area contributed by atoms with Gasteiger partial charge in [0.25, 0.3) is 0 Å². The predicted octanol–water partition coefficient (Wildman–Crippen LogP) is 10.6. The van der Waals surface area contributed by atoms with Gasteiger partial charge in [-0.05, 0) is 51.0 Å². The van der Waals surface area contributed by atoms with Gasteiger partial charge in [-0.1, -0.05) is 133 Å². The maximum Gasteiger partial charge on any atom is 0.164 e. The van der Waals surface area contributed by atoms with E-state index in [1.54, 1.807) is 0 Å². The molecule has 0 N–H and O–H groups in total. The van der Waals surface area contributed by atoms with Gasteiger partial charge in [0, 0.05) is 27.6 Å². The molecule has 0 spiro atoms. The molecule has 7 aromatic carbocycles. The van der Waals surface area contributed by atoms with E-state index in [4.69, 9.17) is 19.7 Å². The molecule has 4 nitrogen and oxygen atoms in total. The third kappa shape index (κ3) is 4.35. The molecule has 0 aliphatic carbocycles. The third-order valence-corrected chi connectivity index (χ3v) is 8.53. The fourth-order valence-electron chi connectivity index (χ4n) is 6.32. The Balaban J connectivity index is 1.13. The SMILES string of the molecule is c1ccc(-c2nc(-c3ccc(-c4ccc5c(c4)-c4cccc6cccc(c46)O5)cc3)nc(-c3cccc4ccccc34)n2)cc1. The van der Waals surface area contributed by atoms with Crippen LogP contribution in [0.15, 0.2) is 152 Å². The number of fused-ring (bicyclic) bond motifs is 3.